The molecule has 0 N–H and O–H groups in total. The second-order valence-corrected chi connectivity index (χ2v) is 7.47. The quantitative estimate of drug-likeness (QED) is 0.354. The average molecular weight is 344 g/mol. The summed E-state index contributed by atoms with van der Waals surface area (Å²) in [5, 5.41) is 6.43. The number of thiophene rings is 2. The summed E-state index contributed by atoms with van der Waals surface area (Å²) in [6.45, 7) is 0. The van der Waals surface area contributed by atoms with Gasteiger partial charge in [-0.3, -0.25) is 4.98 Å². The maximum Gasteiger partial charge on any atom is 0.0809 e. The summed E-state index contributed by atoms with van der Waals surface area (Å²) in [6, 6.07) is 19.0. The highest BCUT2D eigenvalue weighted by Crippen LogP contribution is 2.31. The summed E-state index contributed by atoms with van der Waals surface area (Å²) in [5.41, 5.74) is 4.19. The molecule has 24 heavy (non-hydrogen) atoms. The Balaban J connectivity index is 1.70. The molecule has 2 nitrogen and oxygen atoms in total. The lowest BCUT2D eigenvalue weighted by Gasteiger charge is -2.06. The molecular formula is C20H12N2S2. The van der Waals surface area contributed by atoms with Crippen LogP contribution in [-0.2, 0) is 0 Å². The Morgan fingerprint density at radius 3 is 2.42 bits per heavy atom. The van der Waals surface area contributed by atoms with Crippen LogP contribution in [-0.4, -0.2) is 9.97 Å². The second kappa shape index (κ2) is 5.51. The van der Waals surface area contributed by atoms with E-state index in [1.807, 2.05) is 6.20 Å². The highest BCUT2D eigenvalue weighted by atomic mass is 32.1. The van der Waals surface area contributed by atoms with Crippen molar-refractivity contribution in [2.45, 2.75) is 0 Å². The second-order valence-electron chi connectivity index (χ2n) is 5.58. The van der Waals surface area contributed by atoms with Crippen LogP contribution in [0.1, 0.15) is 0 Å². The number of rotatable bonds is 2. The molecule has 1 aromatic carbocycles. The van der Waals surface area contributed by atoms with Crippen molar-refractivity contribution in [3.05, 3.63) is 71.6 Å². The minimum absolute atomic E-state index is 0.991. The molecule has 0 saturated carbocycles. The Morgan fingerprint density at radius 2 is 1.62 bits per heavy atom. The maximum atomic E-state index is 4.81. The van der Waals surface area contributed by atoms with Crippen LogP contribution in [0.4, 0.5) is 0 Å². The van der Waals surface area contributed by atoms with Crippen molar-refractivity contribution in [3.8, 4) is 21.0 Å². The molecule has 0 atom stereocenters. The first-order chi connectivity index (χ1) is 11.9. The fourth-order valence-electron chi connectivity index (χ4n) is 2.94. The molecule has 0 bridgehead atoms. The number of benzene rings is 1. The summed E-state index contributed by atoms with van der Waals surface area (Å²) in [7, 11) is 0. The zero-order valence-corrected chi connectivity index (χ0v) is 14.3. The van der Waals surface area contributed by atoms with Crippen molar-refractivity contribution in [3.63, 3.8) is 0 Å². The molecule has 0 saturated heterocycles. The van der Waals surface area contributed by atoms with Crippen molar-refractivity contribution >= 4 is 44.5 Å². The number of aromatic nitrogens is 2. The molecule has 4 aromatic heterocycles. The molecule has 5 rings (SSSR count). The van der Waals surface area contributed by atoms with E-state index in [1.54, 1.807) is 22.7 Å². The largest absolute Gasteiger partial charge is 0.255 e. The van der Waals surface area contributed by atoms with Gasteiger partial charge in [-0.1, -0.05) is 18.2 Å². The Bertz CT molecular complexity index is 1050. The van der Waals surface area contributed by atoms with E-state index >= 15 is 0 Å². The van der Waals surface area contributed by atoms with Crippen LogP contribution in [0.15, 0.2) is 71.6 Å². The van der Waals surface area contributed by atoms with Crippen LogP contribution in [0.25, 0.3) is 42.8 Å². The number of pyridine rings is 2. The van der Waals surface area contributed by atoms with Gasteiger partial charge in [-0.25, -0.2) is 4.98 Å². The van der Waals surface area contributed by atoms with E-state index in [-0.39, 0.29) is 0 Å². The molecule has 0 spiro atoms. The minimum atomic E-state index is 0.991. The predicted molar refractivity (Wildman–Crippen MR) is 104 cm³/mol. The first-order valence-corrected chi connectivity index (χ1v) is 9.42. The van der Waals surface area contributed by atoms with E-state index in [0.717, 1.165) is 27.5 Å². The molecular weight excluding hydrogens is 332 g/mol. The van der Waals surface area contributed by atoms with Gasteiger partial charge >= 0.3 is 0 Å². The maximum absolute atomic E-state index is 4.81. The smallest absolute Gasteiger partial charge is 0.0809 e. The Labute approximate surface area is 147 Å². The normalized spacial score (nSPS) is 11.3. The van der Waals surface area contributed by atoms with E-state index in [1.165, 1.54) is 15.3 Å². The number of fused-ring (bicyclic) bond motifs is 3. The number of hydrogen-bond donors (Lipinski definition) is 0. The van der Waals surface area contributed by atoms with E-state index in [2.05, 4.69) is 65.4 Å². The summed E-state index contributed by atoms with van der Waals surface area (Å²) < 4.78 is 0. The van der Waals surface area contributed by atoms with E-state index in [0.29, 0.717) is 0 Å². The third-order valence-electron chi connectivity index (χ3n) is 4.10. The van der Waals surface area contributed by atoms with Gasteiger partial charge in [0, 0.05) is 27.4 Å². The molecule has 0 aliphatic heterocycles. The van der Waals surface area contributed by atoms with Gasteiger partial charge in [0.05, 0.1) is 21.6 Å². The van der Waals surface area contributed by atoms with Crippen molar-refractivity contribution in [1.82, 2.24) is 9.97 Å². The predicted octanol–water partition coefficient (Wildman–Crippen LogP) is 6.24. The first-order valence-electron chi connectivity index (χ1n) is 7.66. The van der Waals surface area contributed by atoms with Gasteiger partial charge in [0.2, 0.25) is 0 Å². The van der Waals surface area contributed by atoms with E-state index < -0.39 is 0 Å². The van der Waals surface area contributed by atoms with Gasteiger partial charge in [-0.05, 0) is 47.2 Å². The van der Waals surface area contributed by atoms with Crippen LogP contribution in [0, 0.1) is 0 Å². The SMILES string of the molecule is c1csc(-c2cnc3c(ccc4nc(-c5cccs5)ccc43)c2)c1. The van der Waals surface area contributed by atoms with Gasteiger partial charge in [-0.15, -0.1) is 22.7 Å². The Hall–Kier alpha value is -2.56. The fraction of sp³-hybridized carbons (Fsp3) is 0. The molecule has 4 heteroatoms. The van der Waals surface area contributed by atoms with Gasteiger partial charge in [0.1, 0.15) is 0 Å². The molecule has 0 aliphatic carbocycles. The topological polar surface area (TPSA) is 25.8 Å². The van der Waals surface area contributed by atoms with Crippen molar-refractivity contribution in [2.75, 3.05) is 0 Å². The highest BCUT2D eigenvalue weighted by molar-refractivity contribution is 7.13. The third kappa shape index (κ3) is 2.23. The highest BCUT2D eigenvalue weighted by Gasteiger charge is 2.08. The zero-order valence-electron chi connectivity index (χ0n) is 12.6. The molecule has 0 fully saturated rings. The summed E-state index contributed by atoms with van der Waals surface area (Å²) in [5.74, 6) is 0. The van der Waals surface area contributed by atoms with Crippen molar-refractivity contribution < 1.29 is 0 Å². The Kier molecular flexibility index (Phi) is 3.18. The van der Waals surface area contributed by atoms with Gasteiger partial charge in [0.15, 0.2) is 0 Å². The lowest BCUT2D eigenvalue weighted by atomic mass is 10.1. The lowest BCUT2D eigenvalue weighted by Crippen LogP contribution is -1.87. The van der Waals surface area contributed by atoms with Crippen LogP contribution >= 0.6 is 22.7 Å². The van der Waals surface area contributed by atoms with Crippen LogP contribution < -0.4 is 0 Å². The molecule has 0 aliphatic rings. The number of nitrogens with zero attached hydrogens (tertiary/aromatic N) is 2. The average Bonchev–Trinajstić information content (AvgIpc) is 3.34. The van der Waals surface area contributed by atoms with E-state index in [9.17, 15) is 0 Å². The minimum Gasteiger partial charge on any atom is -0.255 e. The fourth-order valence-corrected chi connectivity index (χ4v) is 4.35. The molecule has 4 heterocycles. The standard InChI is InChI=1S/C20H12N2S2/c1-3-18(23-9-1)14-11-13-5-7-16-15(20(13)21-12-14)6-8-17(22-16)19-4-2-10-24-19/h1-12H. The van der Waals surface area contributed by atoms with Crippen molar-refractivity contribution in [2.24, 2.45) is 0 Å². The summed E-state index contributed by atoms with van der Waals surface area (Å²) >= 11 is 3.45. The lowest BCUT2D eigenvalue weighted by molar-refractivity contribution is 1.40. The third-order valence-corrected chi connectivity index (χ3v) is 5.91. The van der Waals surface area contributed by atoms with Gasteiger partial charge in [-0.2, -0.15) is 0 Å². The van der Waals surface area contributed by atoms with Crippen LogP contribution in [0.3, 0.4) is 0 Å². The first kappa shape index (κ1) is 13.8. The van der Waals surface area contributed by atoms with Crippen LogP contribution in [0.2, 0.25) is 0 Å². The monoisotopic (exact) mass is 344 g/mol. The molecule has 0 amide bonds. The number of hydrogen-bond acceptors (Lipinski definition) is 4. The van der Waals surface area contributed by atoms with E-state index in [4.69, 9.17) is 9.97 Å². The summed E-state index contributed by atoms with van der Waals surface area (Å²) in [4.78, 5) is 12.0. The van der Waals surface area contributed by atoms with Crippen LogP contribution in [0.5, 0.6) is 0 Å². The van der Waals surface area contributed by atoms with Gasteiger partial charge < -0.3 is 0 Å². The van der Waals surface area contributed by atoms with Crippen molar-refractivity contribution in [1.29, 1.82) is 0 Å². The molecule has 114 valence electrons. The van der Waals surface area contributed by atoms with Gasteiger partial charge in [0.25, 0.3) is 0 Å². The molecule has 0 unspecified atom stereocenters. The summed E-state index contributed by atoms with van der Waals surface area (Å²) in [6.07, 6.45) is 1.96. The molecule has 0 radical (unpaired) electrons. The Morgan fingerprint density at radius 1 is 0.792 bits per heavy atom. The zero-order chi connectivity index (χ0) is 15.9. The molecule has 5 aromatic rings.